The van der Waals surface area contributed by atoms with Crippen LogP contribution in [0.25, 0.3) is 5.65 Å². The summed E-state index contributed by atoms with van der Waals surface area (Å²) in [6, 6.07) is 3.50. The van der Waals surface area contributed by atoms with E-state index in [1.54, 1.807) is 41.1 Å². The molecule has 2 heterocycles. The van der Waals surface area contributed by atoms with Gasteiger partial charge < -0.3 is 14.7 Å². The number of anilines is 1. The first-order valence-corrected chi connectivity index (χ1v) is 5.47. The van der Waals surface area contributed by atoms with Crippen LogP contribution in [0.5, 0.6) is 0 Å². The number of hydrogen-bond acceptors (Lipinski definition) is 5. The van der Waals surface area contributed by atoms with E-state index in [4.69, 9.17) is 9.84 Å². The summed E-state index contributed by atoms with van der Waals surface area (Å²) in [7, 11) is 1.58. The number of carbonyl (C=O) groups is 1. The van der Waals surface area contributed by atoms with Gasteiger partial charge in [0.2, 0.25) is 0 Å². The Hall–Kier alpha value is -2.15. The lowest BCUT2D eigenvalue weighted by Gasteiger charge is -2.21. The highest BCUT2D eigenvalue weighted by Crippen LogP contribution is 2.11. The van der Waals surface area contributed by atoms with Gasteiger partial charge in [-0.05, 0) is 6.07 Å². The Morgan fingerprint density at radius 2 is 2.39 bits per heavy atom. The number of hydrogen-bond donors (Lipinski definition) is 1. The quantitative estimate of drug-likeness (QED) is 0.792. The monoisotopic (exact) mass is 250 g/mol. The zero-order chi connectivity index (χ0) is 13.0. The molecule has 0 fully saturated rings. The maximum absolute atomic E-state index is 10.8. The fourth-order valence-corrected chi connectivity index (χ4v) is 1.62. The van der Waals surface area contributed by atoms with E-state index in [0.717, 1.165) is 0 Å². The molecule has 7 heteroatoms. The number of carboxylic acid groups (broad SMARTS) is 1. The van der Waals surface area contributed by atoms with Crippen LogP contribution >= 0.6 is 0 Å². The van der Waals surface area contributed by atoms with Gasteiger partial charge in [-0.2, -0.15) is 5.10 Å². The predicted octanol–water partition coefficient (Wildman–Crippen LogP) is 0.267. The second kappa shape index (κ2) is 5.46. The predicted molar refractivity (Wildman–Crippen MR) is 64.7 cm³/mol. The molecular weight excluding hydrogens is 236 g/mol. The van der Waals surface area contributed by atoms with E-state index in [0.29, 0.717) is 24.6 Å². The lowest BCUT2D eigenvalue weighted by molar-refractivity contribution is -0.135. The average Bonchev–Trinajstić information content (AvgIpc) is 2.81. The van der Waals surface area contributed by atoms with Crippen molar-refractivity contribution >= 4 is 17.4 Å². The normalized spacial score (nSPS) is 10.7. The molecule has 0 atom stereocenters. The molecule has 0 aromatic carbocycles. The molecular formula is C11H14N4O3. The molecule has 0 aliphatic heterocycles. The molecule has 0 aliphatic rings. The standard InChI is InChI=1S/C11H14N4O3/c1-18-7-6-14(8-11(16)17)9-3-5-15-10(13-9)2-4-12-15/h2-5H,6-8H2,1H3,(H,16,17). The first-order valence-electron chi connectivity index (χ1n) is 5.47. The molecule has 2 rings (SSSR count). The zero-order valence-corrected chi connectivity index (χ0v) is 9.98. The highest BCUT2D eigenvalue weighted by molar-refractivity contribution is 5.73. The lowest BCUT2D eigenvalue weighted by Crippen LogP contribution is -2.33. The largest absolute Gasteiger partial charge is 0.480 e. The molecule has 1 N–H and O–H groups in total. The minimum Gasteiger partial charge on any atom is -0.480 e. The second-order valence-corrected chi connectivity index (χ2v) is 3.73. The Kier molecular flexibility index (Phi) is 3.73. The summed E-state index contributed by atoms with van der Waals surface area (Å²) in [6.45, 7) is 0.806. The number of aliphatic carboxylic acids is 1. The van der Waals surface area contributed by atoms with E-state index in [2.05, 4.69) is 10.1 Å². The Morgan fingerprint density at radius 3 is 3.11 bits per heavy atom. The van der Waals surface area contributed by atoms with Crippen molar-refractivity contribution in [1.82, 2.24) is 14.6 Å². The molecule has 2 aromatic heterocycles. The van der Waals surface area contributed by atoms with Gasteiger partial charge in [0.25, 0.3) is 0 Å². The maximum atomic E-state index is 10.8. The molecule has 96 valence electrons. The number of carboxylic acids is 1. The fraction of sp³-hybridized carbons (Fsp3) is 0.364. The second-order valence-electron chi connectivity index (χ2n) is 3.73. The highest BCUT2D eigenvalue weighted by Gasteiger charge is 2.12. The van der Waals surface area contributed by atoms with E-state index in [1.807, 2.05) is 0 Å². The van der Waals surface area contributed by atoms with Gasteiger partial charge >= 0.3 is 5.97 Å². The number of nitrogens with zero attached hydrogens (tertiary/aromatic N) is 4. The van der Waals surface area contributed by atoms with Crippen molar-refractivity contribution in [3.05, 3.63) is 24.5 Å². The summed E-state index contributed by atoms with van der Waals surface area (Å²) >= 11 is 0. The minimum atomic E-state index is -0.902. The van der Waals surface area contributed by atoms with E-state index in [-0.39, 0.29) is 6.54 Å². The van der Waals surface area contributed by atoms with E-state index in [1.165, 1.54) is 0 Å². The Balaban J connectivity index is 2.24. The Labute approximate surface area is 104 Å². The molecule has 0 amide bonds. The summed E-state index contributed by atoms with van der Waals surface area (Å²) in [5, 5.41) is 12.9. The van der Waals surface area contributed by atoms with Crippen LogP contribution in [0.15, 0.2) is 24.5 Å². The molecule has 7 nitrogen and oxygen atoms in total. The lowest BCUT2D eigenvalue weighted by atomic mass is 10.4. The van der Waals surface area contributed by atoms with Crippen LogP contribution in [0, 0.1) is 0 Å². The smallest absolute Gasteiger partial charge is 0.323 e. The molecule has 2 aromatic rings. The van der Waals surface area contributed by atoms with Gasteiger partial charge in [-0.25, -0.2) is 9.50 Å². The van der Waals surface area contributed by atoms with Gasteiger partial charge in [-0.3, -0.25) is 4.79 Å². The highest BCUT2D eigenvalue weighted by atomic mass is 16.5. The maximum Gasteiger partial charge on any atom is 0.323 e. The van der Waals surface area contributed by atoms with Gasteiger partial charge in [-0.1, -0.05) is 0 Å². The molecule has 0 spiro atoms. The summed E-state index contributed by atoms with van der Waals surface area (Å²) in [5.41, 5.74) is 0.681. The number of fused-ring (bicyclic) bond motifs is 1. The van der Waals surface area contributed by atoms with Gasteiger partial charge in [0.15, 0.2) is 5.65 Å². The molecule has 0 saturated carbocycles. The van der Waals surface area contributed by atoms with Gasteiger partial charge in [0.1, 0.15) is 12.4 Å². The molecule has 0 bridgehead atoms. The first-order chi connectivity index (χ1) is 8.70. The number of ether oxygens (including phenoxy) is 1. The average molecular weight is 250 g/mol. The van der Waals surface area contributed by atoms with Crippen LogP contribution in [-0.4, -0.2) is 52.5 Å². The summed E-state index contributed by atoms with van der Waals surface area (Å²) in [6.07, 6.45) is 3.39. The third-order valence-electron chi connectivity index (χ3n) is 2.46. The molecule has 0 saturated heterocycles. The van der Waals surface area contributed by atoms with Crippen molar-refractivity contribution in [2.45, 2.75) is 0 Å². The topological polar surface area (TPSA) is 80.0 Å². The molecule has 0 radical (unpaired) electrons. The van der Waals surface area contributed by atoms with Crippen molar-refractivity contribution in [1.29, 1.82) is 0 Å². The van der Waals surface area contributed by atoms with Crippen molar-refractivity contribution in [2.75, 3.05) is 31.7 Å². The minimum absolute atomic E-state index is 0.110. The number of methoxy groups -OCH3 is 1. The van der Waals surface area contributed by atoms with Crippen LogP contribution < -0.4 is 4.90 Å². The van der Waals surface area contributed by atoms with Gasteiger partial charge in [0, 0.05) is 25.9 Å². The summed E-state index contributed by atoms with van der Waals surface area (Å²) in [5.74, 6) is -0.302. The van der Waals surface area contributed by atoms with Crippen LogP contribution in [0.4, 0.5) is 5.82 Å². The summed E-state index contributed by atoms with van der Waals surface area (Å²) in [4.78, 5) is 16.8. The van der Waals surface area contributed by atoms with Crippen molar-refractivity contribution < 1.29 is 14.6 Å². The van der Waals surface area contributed by atoms with Crippen LogP contribution in [0.2, 0.25) is 0 Å². The van der Waals surface area contributed by atoms with E-state index in [9.17, 15) is 4.79 Å². The number of rotatable bonds is 6. The Morgan fingerprint density at radius 1 is 1.56 bits per heavy atom. The molecule has 0 aliphatic carbocycles. The van der Waals surface area contributed by atoms with Crippen molar-refractivity contribution in [2.24, 2.45) is 0 Å². The third kappa shape index (κ3) is 2.75. The van der Waals surface area contributed by atoms with E-state index >= 15 is 0 Å². The Bertz CT molecular complexity index is 540. The van der Waals surface area contributed by atoms with Crippen molar-refractivity contribution in [3.63, 3.8) is 0 Å². The van der Waals surface area contributed by atoms with Crippen molar-refractivity contribution in [3.8, 4) is 0 Å². The zero-order valence-electron chi connectivity index (χ0n) is 9.98. The van der Waals surface area contributed by atoms with E-state index < -0.39 is 5.97 Å². The summed E-state index contributed by atoms with van der Waals surface area (Å²) < 4.78 is 6.59. The number of aromatic nitrogens is 3. The SMILES string of the molecule is COCCN(CC(=O)O)c1ccn2nccc2n1. The first kappa shape index (κ1) is 12.3. The van der Waals surface area contributed by atoms with Crippen LogP contribution in [0.3, 0.4) is 0 Å². The van der Waals surface area contributed by atoms with Gasteiger partial charge in [-0.15, -0.1) is 0 Å². The van der Waals surface area contributed by atoms with Crippen LogP contribution in [-0.2, 0) is 9.53 Å². The molecule has 0 unspecified atom stereocenters. The molecule has 18 heavy (non-hydrogen) atoms. The fourth-order valence-electron chi connectivity index (χ4n) is 1.62. The third-order valence-corrected chi connectivity index (χ3v) is 2.46. The van der Waals surface area contributed by atoms with Gasteiger partial charge in [0.05, 0.1) is 12.8 Å². The van der Waals surface area contributed by atoms with Crippen LogP contribution in [0.1, 0.15) is 0 Å².